The molecule has 1 rings (SSSR count). The van der Waals surface area contributed by atoms with E-state index in [-0.39, 0.29) is 0 Å². The minimum absolute atomic E-state index is 0.304. The number of ether oxygens (including phenoxy) is 1. The van der Waals surface area contributed by atoms with E-state index < -0.39 is 6.61 Å². The molecule has 84 valence electrons. The molecule has 0 fully saturated rings. The van der Waals surface area contributed by atoms with Crippen LogP contribution in [0.3, 0.4) is 0 Å². The maximum Gasteiger partial charge on any atom is 0.387 e. The lowest BCUT2D eigenvalue weighted by molar-refractivity contribution is -0.0504. The molecule has 1 aromatic rings. The largest absolute Gasteiger partial charge is 0.435 e. The van der Waals surface area contributed by atoms with Gasteiger partial charge in [0.25, 0.3) is 0 Å². The highest BCUT2D eigenvalue weighted by atomic mass is 19.3. The molecule has 1 aromatic carbocycles. The zero-order chi connectivity index (χ0) is 11.4. The fourth-order valence-corrected chi connectivity index (χ4v) is 1.71. The third kappa shape index (κ3) is 2.91. The molecular weight excluding hydrogens is 198 g/mol. The van der Waals surface area contributed by atoms with Crippen LogP contribution >= 0.6 is 0 Å². The highest BCUT2D eigenvalue weighted by molar-refractivity contribution is 5.41. The number of rotatable bonds is 4. The summed E-state index contributed by atoms with van der Waals surface area (Å²) < 4.78 is 28.8. The van der Waals surface area contributed by atoms with Crippen LogP contribution in [0.2, 0.25) is 0 Å². The SMILES string of the molecule is CCc1c(OC(F)F)cccc1C(C)C. The van der Waals surface area contributed by atoms with Gasteiger partial charge < -0.3 is 4.74 Å². The topological polar surface area (TPSA) is 9.23 Å². The van der Waals surface area contributed by atoms with Gasteiger partial charge in [0, 0.05) is 0 Å². The molecule has 0 saturated heterocycles. The highest BCUT2D eigenvalue weighted by Gasteiger charge is 2.13. The van der Waals surface area contributed by atoms with Gasteiger partial charge in [0.15, 0.2) is 0 Å². The molecule has 0 bridgehead atoms. The summed E-state index contributed by atoms with van der Waals surface area (Å²) in [6.45, 7) is 3.28. The summed E-state index contributed by atoms with van der Waals surface area (Å²) in [7, 11) is 0. The molecule has 0 unspecified atom stereocenters. The summed E-state index contributed by atoms with van der Waals surface area (Å²) in [6, 6.07) is 5.31. The number of hydrogen-bond donors (Lipinski definition) is 0. The lowest BCUT2D eigenvalue weighted by Crippen LogP contribution is -2.06. The molecule has 0 radical (unpaired) electrons. The third-order valence-electron chi connectivity index (χ3n) is 2.36. The first-order valence-electron chi connectivity index (χ1n) is 5.12. The minimum Gasteiger partial charge on any atom is -0.435 e. The predicted octanol–water partition coefficient (Wildman–Crippen LogP) is 3.97. The Bertz CT molecular complexity index is 321. The molecule has 0 heterocycles. The molecule has 1 nitrogen and oxygen atoms in total. The summed E-state index contributed by atoms with van der Waals surface area (Å²) in [5, 5.41) is 0. The highest BCUT2D eigenvalue weighted by Crippen LogP contribution is 2.29. The van der Waals surface area contributed by atoms with Crippen molar-refractivity contribution in [2.45, 2.75) is 39.7 Å². The van der Waals surface area contributed by atoms with E-state index in [1.807, 2.05) is 26.8 Å². The molecular formula is C12H16F2O. The molecule has 15 heavy (non-hydrogen) atoms. The van der Waals surface area contributed by atoms with E-state index in [0.29, 0.717) is 18.1 Å². The Balaban J connectivity index is 3.10. The normalized spacial score (nSPS) is 11.1. The van der Waals surface area contributed by atoms with Crippen molar-refractivity contribution < 1.29 is 13.5 Å². The molecule has 0 saturated carbocycles. The summed E-state index contributed by atoms with van der Waals surface area (Å²) in [5.74, 6) is 0.625. The quantitative estimate of drug-likeness (QED) is 0.736. The summed E-state index contributed by atoms with van der Waals surface area (Å²) in [6.07, 6.45) is 0.705. The molecule has 0 spiro atoms. The Morgan fingerprint density at radius 1 is 1.27 bits per heavy atom. The van der Waals surface area contributed by atoms with Crippen molar-refractivity contribution in [1.82, 2.24) is 0 Å². The Morgan fingerprint density at radius 2 is 1.93 bits per heavy atom. The van der Waals surface area contributed by atoms with E-state index in [4.69, 9.17) is 0 Å². The Morgan fingerprint density at radius 3 is 2.40 bits per heavy atom. The number of halogens is 2. The first kappa shape index (κ1) is 12.0. The molecule has 0 aliphatic heterocycles. The molecule has 0 N–H and O–H groups in total. The second-order valence-electron chi connectivity index (χ2n) is 3.71. The van der Waals surface area contributed by atoms with Crippen molar-refractivity contribution in [3.63, 3.8) is 0 Å². The van der Waals surface area contributed by atoms with Crippen LogP contribution in [0.1, 0.15) is 37.8 Å². The fraction of sp³-hybridized carbons (Fsp3) is 0.500. The Hall–Kier alpha value is -1.12. The van der Waals surface area contributed by atoms with E-state index in [2.05, 4.69) is 4.74 Å². The van der Waals surface area contributed by atoms with E-state index in [1.54, 1.807) is 12.1 Å². The summed E-state index contributed by atoms with van der Waals surface area (Å²) >= 11 is 0. The standard InChI is InChI=1S/C12H16F2O/c1-4-9-10(8(2)3)6-5-7-11(9)15-12(13)14/h5-8,12H,4H2,1-3H3. The van der Waals surface area contributed by atoms with E-state index >= 15 is 0 Å². The van der Waals surface area contributed by atoms with Crippen LogP contribution < -0.4 is 4.74 Å². The Labute approximate surface area is 89.1 Å². The van der Waals surface area contributed by atoms with Crippen molar-refractivity contribution >= 4 is 0 Å². The van der Waals surface area contributed by atoms with Crippen LogP contribution in [0.5, 0.6) is 5.75 Å². The maximum absolute atomic E-state index is 12.1. The number of hydrogen-bond acceptors (Lipinski definition) is 1. The van der Waals surface area contributed by atoms with Gasteiger partial charge in [-0.05, 0) is 29.5 Å². The van der Waals surface area contributed by atoms with Gasteiger partial charge in [0.05, 0.1) is 0 Å². The van der Waals surface area contributed by atoms with Crippen LogP contribution in [0.4, 0.5) is 8.78 Å². The molecule has 0 aromatic heterocycles. The lowest BCUT2D eigenvalue weighted by Gasteiger charge is -2.16. The average Bonchev–Trinajstić information content (AvgIpc) is 2.16. The molecule has 0 aliphatic carbocycles. The fourth-order valence-electron chi connectivity index (χ4n) is 1.71. The van der Waals surface area contributed by atoms with Gasteiger partial charge in [0.2, 0.25) is 0 Å². The maximum atomic E-state index is 12.1. The van der Waals surface area contributed by atoms with Gasteiger partial charge in [0.1, 0.15) is 5.75 Å². The number of alkyl halides is 2. The van der Waals surface area contributed by atoms with Gasteiger partial charge in [-0.2, -0.15) is 8.78 Å². The van der Waals surface area contributed by atoms with Crippen LogP contribution in [0.15, 0.2) is 18.2 Å². The van der Waals surface area contributed by atoms with E-state index in [9.17, 15) is 8.78 Å². The first-order valence-corrected chi connectivity index (χ1v) is 5.12. The Kier molecular flexibility index (Phi) is 4.06. The second-order valence-corrected chi connectivity index (χ2v) is 3.71. The van der Waals surface area contributed by atoms with E-state index in [0.717, 1.165) is 11.1 Å². The zero-order valence-corrected chi connectivity index (χ0v) is 9.26. The van der Waals surface area contributed by atoms with Crippen LogP contribution in [0, 0.1) is 0 Å². The van der Waals surface area contributed by atoms with Crippen LogP contribution in [-0.2, 0) is 6.42 Å². The van der Waals surface area contributed by atoms with Gasteiger partial charge in [-0.3, -0.25) is 0 Å². The predicted molar refractivity (Wildman–Crippen MR) is 56.5 cm³/mol. The van der Waals surface area contributed by atoms with Crippen molar-refractivity contribution in [1.29, 1.82) is 0 Å². The third-order valence-corrected chi connectivity index (χ3v) is 2.36. The van der Waals surface area contributed by atoms with Gasteiger partial charge >= 0.3 is 6.61 Å². The van der Waals surface area contributed by atoms with Gasteiger partial charge in [-0.25, -0.2) is 0 Å². The van der Waals surface area contributed by atoms with Crippen molar-refractivity contribution in [3.8, 4) is 5.75 Å². The monoisotopic (exact) mass is 214 g/mol. The summed E-state index contributed by atoms with van der Waals surface area (Å²) in [4.78, 5) is 0. The number of benzene rings is 1. The van der Waals surface area contributed by atoms with Gasteiger partial charge in [-0.15, -0.1) is 0 Å². The van der Waals surface area contributed by atoms with Gasteiger partial charge in [-0.1, -0.05) is 32.9 Å². The van der Waals surface area contributed by atoms with Crippen LogP contribution in [-0.4, -0.2) is 6.61 Å². The van der Waals surface area contributed by atoms with Crippen molar-refractivity contribution in [2.75, 3.05) is 0 Å². The first-order chi connectivity index (χ1) is 7.06. The minimum atomic E-state index is -2.75. The van der Waals surface area contributed by atoms with Crippen LogP contribution in [0.25, 0.3) is 0 Å². The second kappa shape index (κ2) is 5.10. The van der Waals surface area contributed by atoms with Crippen molar-refractivity contribution in [2.24, 2.45) is 0 Å². The molecule has 0 amide bonds. The molecule has 0 atom stereocenters. The lowest BCUT2D eigenvalue weighted by atomic mass is 9.95. The zero-order valence-electron chi connectivity index (χ0n) is 9.26. The van der Waals surface area contributed by atoms with E-state index in [1.165, 1.54) is 0 Å². The van der Waals surface area contributed by atoms with Crippen molar-refractivity contribution in [3.05, 3.63) is 29.3 Å². The smallest absolute Gasteiger partial charge is 0.387 e. The summed E-state index contributed by atoms with van der Waals surface area (Å²) in [5.41, 5.74) is 1.96. The molecule has 3 heteroatoms. The average molecular weight is 214 g/mol. The molecule has 0 aliphatic rings.